The monoisotopic (exact) mass is 268 g/mol. The van der Waals surface area contributed by atoms with E-state index in [2.05, 4.69) is 0 Å². The molecule has 1 saturated carbocycles. The highest BCUT2D eigenvalue weighted by molar-refractivity contribution is 6.18. The van der Waals surface area contributed by atoms with Gasteiger partial charge in [0.05, 0.1) is 0 Å². The maximum atomic E-state index is 12.4. The van der Waals surface area contributed by atoms with Crippen LogP contribution in [0.4, 0.5) is 0 Å². The molecule has 5 heteroatoms. The van der Waals surface area contributed by atoms with Crippen LogP contribution in [0.15, 0.2) is 23.1 Å². The van der Waals surface area contributed by atoms with Gasteiger partial charge in [-0.1, -0.05) is 0 Å². The van der Waals surface area contributed by atoms with Gasteiger partial charge >= 0.3 is 0 Å². The predicted octanol–water partition coefficient (Wildman–Crippen LogP) is 1.62. The zero-order valence-electron chi connectivity index (χ0n) is 10.4. The molecular formula is C13H17ClN2O2. The Bertz CT molecular complexity index is 494. The van der Waals surface area contributed by atoms with Gasteiger partial charge in [0, 0.05) is 43.3 Å². The van der Waals surface area contributed by atoms with E-state index in [9.17, 15) is 9.59 Å². The number of aryl methyl sites for hydroxylation is 1. The smallest absolute Gasteiger partial charge is 0.254 e. The van der Waals surface area contributed by atoms with Gasteiger partial charge in [0.1, 0.15) is 0 Å². The van der Waals surface area contributed by atoms with Crippen molar-refractivity contribution in [3.8, 4) is 0 Å². The van der Waals surface area contributed by atoms with Crippen molar-refractivity contribution in [1.29, 1.82) is 0 Å². The summed E-state index contributed by atoms with van der Waals surface area (Å²) in [6.07, 6.45) is 4.85. The molecule has 4 nitrogen and oxygen atoms in total. The van der Waals surface area contributed by atoms with Gasteiger partial charge in [-0.05, 0) is 25.3 Å². The van der Waals surface area contributed by atoms with E-state index in [4.69, 9.17) is 11.6 Å². The minimum absolute atomic E-state index is 0.0851. The summed E-state index contributed by atoms with van der Waals surface area (Å²) in [5.74, 6) is 0.339. The van der Waals surface area contributed by atoms with Crippen LogP contribution in [0.5, 0.6) is 0 Å². The third kappa shape index (κ3) is 2.58. The van der Waals surface area contributed by atoms with E-state index in [1.165, 1.54) is 10.6 Å². The van der Waals surface area contributed by atoms with Crippen molar-refractivity contribution in [2.24, 2.45) is 7.05 Å². The zero-order valence-corrected chi connectivity index (χ0v) is 11.2. The molecule has 0 radical (unpaired) electrons. The summed E-state index contributed by atoms with van der Waals surface area (Å²) in [5, 5.41) is 0. The average Bonchev–Trinajstić information content (AvgIpc) is 2.29. The fourth-order valence-electron chi connectivity index (χ4n) is 2.09. The Morgan fingerprint density at radius 1 is 1.56 bits per heavy atom. The number of aromatic nitrogens is 1. The van der Waals surface area contributed by atoms with E-state index >= 15 is 0 Å². The summed E-state index contributed by atoms with van der Waals surface area (Å²) >= 11 is 5.75. The molecule has 0 atom stereocenters. The van der Waals surface area contributed by atoms with Gasteiger partial charge in [0.2, 0.25) is 0 Å². The van der Waals surface area contributed by atoms with Gasteiger partial charge < -0.3 is 9.47 Å². The number of nitrogens with zero attached hydrogens (tertiary/aromatic N) is 2. The van der Waals surface area contributed by atoms with Crippen LogP contribution in [0.1, 0.15) is 29.6 Å². The molecule has 0 aliphatic heterocycles. The Kier molecular flexibility index (Phi) is 4.07. The SMILES string of the molecule is Cn1ccc(C(=O)N(CCCl)C2CCC2)cc1=O. The van der Waals surface area contributed by atoms with Crippen LogP contribution in [-0.4, -0.2) is 33.8 Å². The molecule has 0 spiro atoms. The Labute approximate surface area is 111 Å². The molecule has 0 unspecified atom stereocenters. The van der Waals surface area contributed by atoms with Crippen LogP contribution in [-0.2, 0) is 7.05 Å². The molecule has 0 bridgehead atoms. The minimum atomic E-state index is -0.166. The molecule has 1 aromatic heterocycles. The van der Waals surface area contributed by atoms with E-state index in [0.717, 1.165) is 19.3 Å². The van der Waals surface area contributed by atoms with Crippen LogP contribution >= 0.6 is 11.6 Å². The normalized spacial score (nSPS) is 15.2. The lowest BCUT2D eigenvalue weighted by atomic mass is 9.91. The molecule has 1 aliphatic carbocycles. The van der Waals surface area contributed by atoms with Crippen LogP contribution in [0.25, 0.3) is 0 Å². The molecule has 1 fully saturated rings. The van der Waals surface area contributed by atoms with E-state index in [1.54, 1.807) is 24.2 Å². The maximum absolute atomic E-state index is 12.4. The van der Waals surface area contributed by atoms with E-state index in [1.807, 2.05) is 0 Å². The Balaban J connectivity index is 2.21. The molecule has 18 heavy (non-hydrogen) atoms. The number of halogens is 1. The van der Waals surface area contributed by atoms with Gasteiger partial charge in [-0.15, -0.1) is 11.6 Å². The summed E-state index contributed by atoms with van der Waals surface area (Å²) in [7, 11) is 1.67. The van der Waals surface area contributed by atoms with Crippen molar-refractivity contribution < 1.29 is 4.79 Å². The first kappa shape index (κ1) is 13.1. The highest BCUT2D eigenvalue weighted by Gasteiger charge is 2.29. The van der Waals surface area contributed by atoms with Crippen molar-refractivity contribution in [3.63, 3.8) is 0 Å². The van der Waals surface area contributed by atoms with Crippen molar-refractivity contribution in [2.75, 3.05) is 12.4 Å². The van der Waals surface area contributed by atoms with Crippen molar-refractivity contribution >= 4 is 17.5 Å². The number of alkyl halides is 1. The van der Waals surface area contributed by atoms with Crippen LogP contribution in [0.3, 0.4) is 0 Å². The lowest BCUT2D eigenvalue weighted by Crippen LogP contribution is -2.45. The first-order chi connectivity index (χ1) is 8.63. The van der Waals surface area contributed by atoms with Gasteiger partial charge in [-0.25, -0.2) is 0 Å². The van der Waals surface area contributed by atoms with Gasteiger partial charge in [0.15, 0.2) is 0 Å². The van der Waals surface area contributed by atoms with Crippen molar-refractivity contribution in [2.45, 2.75) is 25.3 Å². The highest BCUT2D eigenvalue weighted by Crippen LogP contribution is 2.25. The maximum Gasteiger partial charge on any atom is 0.254 e. The second kappa shape index (κ2) is 5.57. The van der Waals surface area contributed by atoms with E-state index < -0.39 is 0 Å². The van der Waals surface area contributed by atoms with E-state index in [0.29, 0.717) is 24.0 Å². The molecule has 0 N–H and O–H groups in total. The number of carbonyl (C=O) groups is 1. The fourth-order valence-corrected chi connectivity index (χ4v) is 2.27. The van der Waals surface area contributed by atoms with Gasteiger partial charge in [-0.3, -0.25) is 9.59 Å². The third-order valence-corrected chi connectivity index (χ3v) is 3.62. The largest absolute Gasteiger partial charge is 0.334 e. The number of pyridine rings is 1. The molecule has 98 valence electrons. The number of amides is 1. The summed E-state index contributed by atoms with van der Waals surface area (Å²) < 4.78 is 1.45. The topological polar surface area (TPSA) is 42.3 Å². The predicted molar refractivity (Wildman–Crippen MR) is 71.1 cm³/mol. The number of carbonyl (C=O) groups excluding carboxylic acids is 1. The van der Waals surface area contributed by atoms with Crippen LogP contribution < -0.4 is 5.56 Å². The van der Waals surface area contributed by atoms with Crippen molar-refractivity contribution in [3.05, 3.63) is 34.2 Å². The Morgan fingerprint density at radius 3 is 2.78 bits per heavy atom. The standard InChI is InChI=1S/C13H17ClN2O2/c1-15-7-5-10(9-12(15)17)13(18)16(8-6-14)11-3-2-4-11/h5,7,9,11H,2-4,6,8H2,1H3. The molecule has 2 rings (SSSR count). The molecule has 0 saturated heterocycles. The fraction of sp³-hybridized carbons (Fsp3) is 0.538. The number of hydrogen-bond donors (Lipinski definition) is 0. The second-order valence-electron chi connectivity index (χ2n) is 4.64. The molecule has 0 aromatic carbocycles. The molecular weight excluding hydrogens is 252 g/mol. The Hall–Kier alpha value is -1.29. The first-order valence-corrected chi connectivity index (χ1v) is 6.70. The lowest BCUT2D eigenvalue weighted by Gasteiger charge is -2.37. The van der Waals surface area contributed by atoms with Crippen molar-refractivity contribution in [1.82, 2.24) is 9.47 Å². The Morgan fingerprint density at radius 2 is 2.28 bits per heavy atom. The number of hydrogen-bond acceptors (Lipinski definition) is 2. The molecule has 1 amide bonds. The summed E-state index contributed by atoms with van der Waals surface area (Å²) in [6.45, 7) is 0.542. The summed E-state index contributed by atoms with van der Waals surface area (Å²) in [6, 6.07) is 3.37. The zero-order chi connectivity index (χ0) is 13.1. The summed E-state index contributed by atoms with van der Waals surface area (Å²) in [5.41, 5.74) is 0.287. The molecule has 1 heterocycles. The van der Waals surface area contributed by atoms with Gasteiger partial charge in [-0.2, -0.15) is 0 Å². The van der Waals surface area contributed by atoms with Crippen LogP contribution in [0.2, 0.25) is 0 Å². The summed E-state index contributed by atoms with van der Waals surface area (Å²) in [4.78, 5) is 25.7. The third-order valence-electron chi connectivity index (χ3n) is 3.45. The molecule has 1 aromatic rings. The van der Waals surface area contributed by atoms with Crippen LogP contribution in [0, 0.1) is 0 Å². The minimum Gasteiger partial charge on any atom is -0.334 e. The quantitative estimate of drug-likeness (QED) is 0.779. The molecule has 1 aliphatic rings. The van der Waals surface area contributed by atoms with E-state index in [-0.39, 0.29) is 11.5 Å². The first-order valence-electron chi connectivity index (χ1n) is 6.17. The number of rotatable bonds is 4. The van der Waals surface area contributed by atoms with Gasteiger partial charge in [0.25, 0.3) is 11.5 Å². The average molecular weight is 269 g/mol. The lowest BCUT2D eigenvalue weighted by molar-refractivity contribution is 0.0597. The second-order valence-corrected chi connectivity index (χ2v) is 5.01. The highest BCUT2D eigenvalue weighted by atomic mass is 35.5.